The van der Waals surface area contributed by atoms with E-state index in [4.69, 9.17) is 0 Å². The maximum atomic E-state index is 12.3. The van der Waals surface area contributed by atoms with E-state index in [2.05, 4.69) is 55.6 Å². The van der Waals surface area contributed by atoms with Gasteiger partial charge >= 0.3 is 0 Å². The maximum Gasteiger partial charge on any atom is 0.236 e. The van der Waals surface area contributed by atoms with E-state index in [1.165, 1.54) is 28.0 Å². The second-order valence-electron chi connectivity index (χ2n) is 6.20. The van der Waals surface area contributed by atoms with Crippen molar-refractivity contribution in [3.05, 3.63) is 21.3 Å². The number of nitrogens with one attached hydrogen (secondary N) is 1. The fourth-order valence-electron chi connectivity index (χ4n) is 2.64. The van der Waals surface area contributed by atoms with E-state index in [0.717, 1.165) is 53.8 Å². The van der Waals surface area contributed by atoms with Crippen LogP contribution in [0.15, 0.2) is 16.6 Å². The van der Waals surface area contributed by atoms with Crippen molar-refractivity contribution in [1.29, 1.82) is 0 Å². The first-order chi connectivity index (χ1) is 13.6. The Hall–Kier alpha value is -1.78. The number of thioether (sulfide) groups is 1. The van der Waals surface area contributed by atoms with Crippen LogP contribution < -0.4 is 5.32 Å². The van der Waals surface area contributed by atoms with Crippen LogP contribution in [0.1, 0.15) is 43.5 Å². The third kappa shape index (κ3) is 5.18. The topological polar surface area (TPSA) is 85.6 Å². The van der Waals surface area contributed by atoms with E-state index in [1.807, 2.05) is 6.92 Å². The summed E-state index contributed by atoms with van der Waals surface area (Å²) in [6.07, 6.45) is 4.00. The third-order valence-corrected chi connectivity index (χ3v) is 6.87. The van der Waals surface area contributed by atoms with Crippen LogP contribution in [-0.4, -0.2) is 36.6 Å². The zero-order valence-electron chi connectivity index (χ0n) is 16.3. The number of carbonyl (C=O) groups excluding carboxylic acids is 1. The molecule has 0 aromatic carbocycles. The molecule has 0 aliphatic carbocycles. The van der Waals surface area contributed by atoms with Gasteiger partial charge in [0.15, 0.2) is 11.0 Å². The summed E-state index contributed by atoms with van der Waals surface area (Å²) >= 11 is 4.57. The number of amides is 1. The molecule has 0 atom stereocenters. The monoisotopic (exact) mass is 436 g/mol. The lowest BCUT2D eigenvalue weighted by molar-refractivity contribution is -0.113. The molecule has 0 unspecified atom stereocenters. The summed E-state index contributed by atoms with van der Waals surface area (Å²) in [6, 6.07) is 2.20. The highest BCUT2D eigenvalue weighted by Gasteiger charge is 2.17. The number of aryl methyl sites for hydroxylation is 2. The summed E-state index contributed by atoms with van der Waals surface area (Å²) in [5.74, 6) is 1.02. The Balaban J connectivity index is 1.67. The van der Waals surface area contributed by atoms with Crippen molar-refractivity contribution in [3.63, 3.8) is 0 Å². The van der Waals surface area contributed by atoms with E-state index in [0.29, 0.717) is 5.13 Å². The van der Waals surface area contributed by atoms with E-state index in [9.17, 15) is 4.79 Å². The number of anilines is 1. The Morgan fingerprint density at radius 2 is 2.04 bits per heavy atom. The van der Waals surface area contributed by atoms with E-state index in [-0.39, 0.29) is 11.7 Å². The lowest BCUT2D eigenvalue weighted by Crippen LogP contribution is -2.14. The standard InChI is InChI=1S/C18H24N6OS3/c1-4-7-13-9-12(10-26-13)16-21-23-18(24(16)8-5-2)27-11-14(25)19-17-22-20-15(6-3)28-17/h9-10H,4-8,11H2,1-3H3,(H,19,22,25). The highest BCUT2D eigenvalue weighted by Crippen LogP contribution is 2.29. The number of rotatable bonds is 10. The van der Waals surface area contributed by atoms with Crippen LogP contribution in [-0.2, 0) is 24.2 Å². The Kier molecular flexibility index (Phi) is 7.57. The number of nitrogens with zero attached hydrogens (tertiary/aromatic N) is 5. The van der Waals surface area contributed by atoms with Crippen molar-refractivity contribution in [1.82, 2.24) is 25.0 Å². The van der Waals surface area contributed by atoms with Crippen LogP contribution >= 0.6 is 34.4 Å². The van der Waals surface area contributed by atoms with Crippen LogP contribution in [0.3, 0.4) is 0 Å². The zero-order chi connectivity index (χ0) is 19.9. The van der Waals surface area contributed by atoms with Crippen LogP contribution in [0, 0.1) is 0 Å². The molecule has 1 N–H and O–H groups in total. The normalized spacial score (nSPS) is 11.1. The van der Waals surface area contributed by atoms with Gasteiger partial charge in [0.05, 0.1) is 5.75 Å². The van der Waals surface area contributed by atoms with Gasteiger partial charge in [-0.2, -0.15) is 0 Å². The summed E-state index contributed by atoms with van der Waals surface area (Å²) in [5.41, 5.74) is 1.10. The van der Waals surface area contributed by atoms with Gasteiger partial charge in [-0.1, -0.05) is 50.3 Å². The molecule has 10 heteroatoms. The van der Waals surface area contributed by atoms with Crippen LogP contribution in [0.4, 0.5) is 5.13 Å². The molecule has 0 aliphatic heterocycles. The highest BCUT2D eigenvalue weighted by atomic mass is 32.2. The highest BCUT2D eigenvalue weighted by molar-refractivity contribution is 7.99. The first-order valence-electron chi connectivity index (χ1n) is 9.40. The predicted octanol–water partition coefficient (Wildman–Crippen LogP) is 4.51. The summed E-state index contributed by atoms with van der Waals surface area (Å²) in [5, 5.41) is 23.9. The van der Waals surface area contributed by atoms with Gasteiger partial charge in [-0.15, -0.1) is 31.7 Å². The smallest absolute Gasteiger partial charge is 0.236 e. The van der Waals surface area contributed by atoms with Gasteiger partial charge in [-0.25, -0.2) is 0 Å². The zero-order valence-corrected chi connectivity index (χ0v) is 18.7. The third-order valence-electron chi connectivity index (χ3n) is 3.92. The van der Waals surface area contributed by atoms with Crippen molar-refractivity contribution in [2.24, 2.45) is 0 Å². The number of carbonyl (C=O) groups is 1. The lowest BCUT2D eigenvalue weighted by atomic mass is 10.2. The molecule has 0 saturated heterocycles. The van der Waals surface area contributed by atoms with Gasteiger partial charge in [0.2, 0.25) is 11.0 Å². The average molecular weight is 437 g/mol. The molecule has 0 saturated carbocycles. The molecule has 7 nitrogen and oxygen atoms in total. The van der Waals surface area contributed by atoms with Crippen LogP contribution in [0.5, 0.6) is 0 Å². The summed E-state index contributed by atoms with van der Waals surface area (Å²) in [6.45, 7) is 7.14. The minimum atomic E-state index is -0.114. The molecule has 1 amide bonds. The Labute approximate surface area is 177 Å². The molecule has 3 aromatic rings. The summed E-state index contributed by atoms with van der Waals surface area (Å²) in [4.78, 5) is 13.6. The van der Waals surface area contributed by atoms with E-state index in [1.54, 1.807) is 11.3 Å². The fraction of sp³-hybridized carbons (Fsp3) is 0.500. The Morgan fingerprint density at radius 3 is 2.75 bits per heavy atom. The maximum absolute atomic E-state index is 12.3. The minimum Gasteiger partial charge on any atom is -0.302 e. The first kappa shape index (κ1) is 20.9. The molecule has 0 aliphatic rings. The van der Waals surface area contributed by atoms with Crippen molar-refractivity contribution < 1.29 is 4.79 Å². The van der Waals surface area contributed by atoms with Crippen molar-refractivity contribution in [3.8, 4) is 11.4 Å². The molecule has 0 spiro atoms. The molecule has 0 bridgehead atoms. The molecule has 0 fully saturated rings. The van der Waals surface area contributed by atoms with E-state index >= 15 is 0 Å². The average Bonchev–Trinajstić information content (AvgIpc) is 3.41. The molecule has 0 radical (unpaired) electrons. The van der Waals surface area contributed by atoms with Gasteiger partial charge < -0.3 is 4.57 Å². The number of hydrogen-bond acceptors (Lipinski definition) is 8. The predicted molar refractivity (Wildman–Crippen MR) is 116 cm³/mol. The van der Waals surface area contributed by atoms with E-state index < -0.39 is 0 Å². The summed E-state index contributed by atoms with van der Waals surface area (Å²) in [7, 11) is 0. The Morgan fingerprint density at radius 1 is 1.18 bits per heavy atom. The Bertz CT molecular complexity index is 916. The lowest BCUT2D eigenvalue weighted by Gasteiger charge is -2.07. The van der Waals surface area contributed by atoms with Gasteiger partial charge in [0, 0.05) is 22.4 Å². The minimum absolute atomic E-state index is 0.114. The van der Waals surface area contributed by atoms with Crippen LogP contribution in [0.25, 0.3) is 11.4 Å². The largest absolute Gasteiger partial charge is 0.302 e. The number of thiophene rings is 1. The number of aromatic nitrogens is 5. The molecule has 3 aromatic heterocycles. The van der Waals surface area contributed by atoms with Gasteiger partial charge in [0.1, 0.15) is 5.01 Å². The number of hydrogen-bond donors (Lipinski definition) is 1. The van der Waals surface area contributed by atoms with Crippen LogP contribution in [0.2, 0.25) is 0 Å². The molecular formula is C18H24N6OS3. The fourth-order valence-corrected chi connectivity index (χ4v) is 5.07. The second-order valence-corrected chi connectivity index (χ2v) is 9.20. The van der Waals surface area contributed by atoms with Gasteiger partial charge in [-0.05, 0) is 25.3 Å². The second kappa shape index (κ2) is 10.1. The first-order valence-corrected chi connectivity index (χ1v) is 12.1. The van der Waals surface area contributed by atoms with Crippen molar-refractivity contribution in [2.75, 3.05) is 11.1 Å². The van der Waals surface area contributed by atoms with Crippen molar-refractivity contribution in [2.45, 2.75) is 58.2 Å². The van der Waals surface area contributed by atoms with Crippen molar-refractivity contribution >= 4 is 45.5 Å². The molecule has 3 heterocycles. The van der Waals surface area contributed by atoms with Gasteiger partial charge in [0.25, 0.3) is 0 Å². The SMILES string of the molecule is CCCc1cc(-c2nnc(SCC(=O)Nc3nnc(CC)s3)n2CCC)cs1. The molecule has 28 heavy (non-hydrogen) atoms. The molecule has 150 valence electrons. The summed E-state index contributed by atoms with van der Waals surface area (Å²) < 4.78 is 2.11. The quantitative estimate of drug-likeness (QED) is 0.471. The molecule has 3 rings (SSSR count). The van der Waals surface area contributed by atoms with Gasteiger partial charge in [-0.3, -0.25) is 10.1 Å². The molecular weight excluding hydrogens is 412 g/mol.